The minimum Gasteiger partial charge on any atom is -0.327 e. The lowest BCUT2D eigenvalue weighted by molar-refractivity contribution is 0.0916. The van der Waals surface area contributed by atoms with Gasteiger partial charge in [-0.05, 0) is 37.6 Å². The third-order valence-electron chi connectivity index (χ3n) is 2.53. The highest BCUT2D eigenvalue weighted by atomic mass is 19.1. The van der Waals surface area contributed by atoms with E-state index in [4.69, 9.17) is 5.73 Å². The van der Waals surface area contributed by atoms with Gasteiger partial charge in [-0.25, -0.2) is 4.39 Å². The van der Waals surface area contributed by atoms with Gasteiger partial charge in [-0.3, -0.25) is 4.79 Å². The van der Waals surface area contributed by atoms with Gasteiger partial charge >= 0.3 is 0 Å². The predicted molar refractivity (Wildman–Crippen MR) is 58.3 cm³/mol. The zero-order chi connectivity index (χ0) is 11.6. The van der Waals surface area contributed by atoms with Gasteiger partial charge in [0.15, 0.2) is 5.78 Å². The van der Waals surface area contributed by atoms with Crippen molar-refractivity contribution in [3.63, 3.8) is 0 Å². The maximum absolute atomic E-state index is 13.1. The summed E-state index contributed by atoms with van der Waals surface area (Å²) >= 11 is 0. The van der Waals surface area contributed by atoms with Crippen molar-refractivity contribution in [3.8, 4) is 0 Å². The Morgan fingerprint density at radius 2 is 1.93 bits per heavy atom. The van der Waals surface area contributed by atoms with Crippen LogP contribution in [0.15, 0.2) is 18.2 Å². The average molecular weight is 209 g/mol. The quantitative estimate of drug-likeness (QED) is 0.776. The molecule has 82 valence electrons. The first-order valence-electron chi connectivity index (χ1n) is 4.99. The molecule has 0 heterocycles. The standard InChI is InChI=1S/C12H16FNO/c1-7-4-10(6-11(13)5-7)12(15)8(2)9(3)14/h4-6,8-9H,14H2,1-3H3. The van der Waals surface area contributed by atoms with Crippen molar-refractivity contribution in [2.45, 2.75) is 26.8 Å². The Labute approximate surface area is 89.3 Å². The molecule has 2 unspecified atom stereocenters. The summed E-state index contributed by atoms with van der Waals surface area (Å²) in [5, 5.41) is 0. The van der Waals surface area contributed by atoms with Crippen molar-refractivity contribution in [1.82, 2.24) is 0 Å². The molecule has 0 saturated carbocycles. The molecule has 2 N–H and O–H groups in total. The van der Waals surface area contributed by atoms with Crippen LogP contribution in [-0.4, -0.2) is 11.8 Å². The Balaban J connectivity index is 3.01. The molecule has 1 rings (SSSR count). The van der Waals surface area contributed by atoms with E-state index in [2.05, 4.69) is 0 Å². The van der Waals surface area contributed by atoms with Crippen molar-refractivity contribution in [3.05, 3.63) is 35.1 Å². The van der Waals surface area contributed by atoms with Crippen molar-refractivity contribution < 1.29 is 9.18 Å². The van der Waals surface area contributed by atoms with Gasteiger partial charge in [0, 0.05) is 17.5 Å². The second-order valence-electron chi connectivity index (χ2n) is 4.03. The van der Waals surface area contributed by atoms with E-state index < -0.39 is 0 Å². The van der Waals surface area contributed by atoms with Gasteiger partial charge in [0.25, 0.3) is 0 Å². The fourth-order valence-corrected chi connectivity index (χ4v) is 1.38. The molecule has 0 fully saturated rings. The minimum absolute atomic E-state index is 0.104. The minimum atomic E-state index is -0.379. The number of carbonyl (C=O) groups excluding carboxylic acids is 1. The average Bonchev–Trinajstić information content (AvgIpc) is 2.13. The van der Waals surface area contributed by atoms with Crippen LogP contribution < -0.4 is 5.73 Å². The molecule has 0 spiro atoms. The summed E-state index contributed by atoms with van der Waals surface area (Å²) in [7, 11) is 0. The van der Waals surface area contributed by atoms with E-state index >= 15 is 0 Å². The largest absolute Gasteiger partial charge is 0.327 e. The number of aryl methyl sites for hydroxylation is 1. The topological polar surface area (TPSA) is 43.1 Å². The van der Waals surface area contributed by atoms with Crippen LogP contribution in [0.25, 0.3) is 0 Å². The molecule has 15 heavy (non-hydrogen) atoms. The first-order valence-corrected chi connectivity index (χ1v) is 4.99. The highest BCUT2D eigenvalue weighted by Crippen LogP contribution is 2.14. The van der Waals surface area contributed by atoms with Crippen LogP contribution >= 0.6 is 0 Å². The molecule has 0 aromatic heterocycles. The highest BCUT2D eigenvalue weighted by molar-refractivity contribution is 5.98. The maximum atomic E-state index is 13.1. The monoisotopic (exact) mass is 209 g/mol. The number of rotatable bonds is 3. The molecule has 0 saturated heterocycles. The lowest BCUT2D eigenvalue weighted by atomic mass is 9.93. The zero-order valence-corrected chi connectivity index (χ0v) is 9.25. The van der Waals surface area contributed by atoms with Crippen LogP contribution in [0, 0.1) is 18.7 Å². The summed E-state index contributed by atoms with van der Waals surface area (Å²) in [4.78, 5) is 11.8. The number of hydrogen-bond donors (Lipinski definition) is 1. The molecule has 3 heteroatoms. The summed E-state index contributed by atoms with van der Waals surface area (Å²) in [5.74, 6) is -0.769. The van der Waals surface area contributed by atoms with E-state index in [1.54, 1.807) is 26.8 Å². The molecular weight excluding hydrogens is 193 g/mol. The smallest absolute Gasteiger partial charge is 0.167 e. The summed E-state index contributed by atoms with van der Waals surface area (Å²) in [6.45, 7) is 5.29. The Hall–Kier alpha value is -1.22. The molecule has 0 amide bonds. The highest BCUT2D eigenvalue weighted by Gasteiger charge is 2.19. The Kier molecular flexibility index (Phi) is 3.58. The third-order valence-corrected chi connectivity index (χ3v) is 2.53. The van der Waals surface area contributed by atoms with Gasteiger partial charge in [0.05, 0.1) is 0 Å². The number of halogens is 1. The van der Waals surface area contributed by atoms with Gasteiger partial charge in [0.1, 0.15) is 5.82 Å². The van der Waals surface area contributed by atoms with E-state index in [0.717, 1.165) is 5.56 Å². The fraction of sp³-hybridized carbons (Fsp3) is 0.417. The van der Waals surface area contributed by atoms with Crippen LogP contribution in [0.1, 0.15) is 29.8 Å². The summed E-state index contributed by atoms with van der Waals surface area (Å²) in [6.07, 6.45) is 0. The van der Waals surface area contributed by atoms with Crippen LogP contribution in [0.3, 0.4) is 0 Å². The van der Waals surface area contributed by atoms with E-state index in [1.807, 2.05) is 0 Å². The second-order valence-corrected chi connectivity index (χ2v) is 4.03. The molecule has 0 aliphatic rings. The van der Waals surface area contributed by atoms with Crippen LogP contribution in [0.5, 0.6) is 0 Å². The fourth-order valence-electron chi connectivity index (χ4n) is 1.38. The molecule has 0 radical (unpaired) electrons. The summed E-state index contributed by atoms with van der Waals surface area (Å²) in [6, 6.07) is 4.12. The van der Waals surface area contributed by atoms with E-state index in [9.17, 15) is 9.18 Å². The Bertz CT molecular complexity index is 354. The lowest BCUT2D eigenvalue weighted by Gasteiger charge is -2.14. The van der Waals surface area contributed by atoms with Crippen LogP contribution in [0.4, 0.5) is 4.39 Å². The SMILES string of the molecule is Cc1cc(F)cc(C(=O)C(C)C(C)N)c1. The van der Waals surface area contributed by atoms with E-state index in [0.29, 0.717) is 5.56 Å². The van der Waals surface area contributed by atoms with Crippen LogP contribution in [0.2, 0.25) is 0 Å². The number of hydrogen-bond acceptors (Lipinski definition) is 2. The zero-order valence-electron chi connectivity index (χ0n) is 9.25. The Morgan fingerprint density at radius 1 is 1.33 bits per heavy atom. The number of nitrogens with two attached hydrogens (primary N) is 1. The van der Waals surface area contributed by atoms with Gasteiger partial charge in [-0.1, -0.05) is 6.92 Å². The molecule has 0 aliphatic carbocycles. The maximum Gasteiger partial charge on any atom is 0.167 e. The molecule has 1 aromatic carbocycles. The van der Waals surface area contributed by atoms with E-state index in [1.165, 1.54) is 12.1 Å². The Morgan fingerprint density at radius 3 is 2.40 bits per heavy atom. The number of ketones is 1. The molecule has 2 nitrogen and oxygen atoms in total. The summed E-state index contributed by atoms with van der Waals surface area (Å²) in [5.41, 5.74) is 6.78. The van der Waals surface area contributed by atoms with Gasteiger partial charge in [-0.15, -0.1) is 0 Å². The number of benzene rings is 1. The lowest BCUT2D eigenvalue weighted by Crippen LogP contribution is -2.30. The molecular formula is C12H16FNO. The van der Waals surface area contributed by atoms with Gasteiger partial charge < -0.3 is 5.73 Å². The second kappa shape index (κ2) is 4.53. The number of Topliss-reactive ketones (excluding diaryl/α,β-unsaturated/α-hetero) is 1. The van der Waals surface area contributed by atoms with Gasteiger partial charge in [-0.2, -0.15) is 0 Å². The van der Waals surface area contributed by atoms with Crippen molar-refractivity contribution in [2.75, 3.05) is 0 Å². The van der Waals surface area contributed by atoms with Gasteiger partial charge in [0.2, 0.25) is 0 Å². The van der Waals surface area contributed by atoms with Crippen LogP contribution in [-0.2, 0) is 0 Å². The van der Waals surface area contributed by atoms with Crippen molar-refractivity contribution in [2.24, 2.45) is 11.7 Å². The molecule has 2 atom stereocenters. The van der Waals surface area contributed by atoms with Crippen molar-refractivity contribution >= 4 is 5.78 Å². The van der Waals surface area contributed by atoms with Crippen molar-refractivity contribution in [1.29, 1.82) is 0 Å². The first-order chi connectivity index (χ1) is 6.91. The molecule has 1 aromatic rings. The first kappa shape index (κ1) is 11.9. The normalized spacial score (nSPS) is 14.7. The molecule has 0 bridgehead atoms. The molecule has 0 aliphatic heterocycles. The predicted octanol–water partition coefficient (Wildman–Crippen LogP) is 2.30. The van der Waals surface area contributed by atoms with E-state index in [-0.39, 0.29) is 23.6 Å². The number of carbonyl (C=O) groups is 1. The third kappa shape index (κ3) is 2.86. The summed E-state index contributed by atoms with van der Waals surface area (Å²) < 4.78 is 13.1.